The van der Waals surface area contributed by atoms with E-state index in [-0.39, 0.29) is 12.3 Å². The average molecular weight is 396 g/mol. The summed E-state index contributed by atoms with van der Waals surface area (Å²) in [4.78, 5) is 24.7. The molecule has 4 nitrogen and oxygen atoms in total. The van der Waals surface area contributed by atoms with Crippen molar-refractivity contribution in [2.75, 3.05) is 18.5 Å². The van der Waals surface area contributed by atoms with E-state index in [2.05, 4.69) is 6.92 Å². The molecule has 0 aliphatic heterocycles. The number of likely N-dealkylation sites (N-methyl/N-ethyl adjacent to an activating group) is 1. The number of carboxylic acids is 1. The molecule has 4 heteroatoms. The van der Waals surface area contributed by atoms with Gasteiger partial charge in [-0.2, -0.15) is 0 Å². The second kappa shape index (κ2) is 12.1. The summed E-state index contributed by atoms with van der Waals surface area (Å²) in [6.07, 6.45) is 12.7. The highest BCUT2D eigenvalue weighted by atomic mass is 16.4. The molecule has 29 heavy (non-hydrogen) atoms. The van der Waals surface area contributed by atoms with Crippen molar-refractivity contribution >= 4 is 34.3 Å². The fourth-order valence-corrected chi connectivity index (χ4v) is 3.42. The minimum Gasteiger partial charge on any atom is -0.480 e. The average Bonchev–Trinajstić information content (AvgIpc) is 2.70. The van der Waals surface area contributed by atoms with Crippen LogP contribution >= 0.6 is 0 Å². The van der Waals surface area contributed by atoms with Gasteiger partial charge in [0, 0.05) is 19.2 Å². The van der Waals surface area contributed by atoms with E-state index in [1.165, 1.54) is 32.1 Å². The number of rotatable bonds is 13. The minimum absolute atomic E-state index is 0.0345. The van der Waals surface area contributed by atoms with Gasteiger partial charge in [-0.25, -0.2) is 0 Å². The molecule has 0 amide bonds. The van der Waals surface area contributed by atoms with Crippen molar-refractivity contribution in [1.82, 2.24) is 0 Å². The summed E-state index contributed by atoms with van der Waals surface area (Å²) in [5.41, 5.74) is 1.87. The predicted molar refractivity (Wildman–Crippen MR) is 122 cm³/mol. The van der Waals surface area contributed by atoms with E-state index in [0.29, 0.717) is 6.42 Å². The van der Waals surface area contributed by atoms with Crippen LogP contribution in [0.2, 0.25) is 0 Å². The van der Waals surface area contributed by atoms with Crippen LogP contribution in [0.1, 0.15) is 63.9 Å². The van der Waals surface area contributed by atoms with Gasteiger partial charge in [0.15, 0.2) is 5.78 Å². The molecule has 0 atom stereocenters. The van der Waals surface area contributed by atoms with E-state index < -0.39 is 5.97 Å². The highest BCUT2D eigenvalue weighted by molar-refractivity contribution is 5.94. The number of carbonyl (C=O) groups excluding carboxylic acids is 1. The molecule has 0 heterocycles. The number of hydrogen-bond donors (Lipinski definition) is 1. The Hall–Kier alpha value is -2.62. The molecule has 156 valence electrons. The first-order valence-electron chi connectivity index (χ1n) is 10.7. The number of hydrogen-bond acceptors (Lipinski definition) is 3. The zero-order valence-electron chi connectivity index (χ0n) is 17.7. The van der Waals surface area contributed by atoms with Gasteiger partial charge in [-0.05, 0) is 47.0 Å². The molecule has 0 unspecified atom stereocenters. The number of nitrogens with zero attached hydrogens (tertiary/aromatic N) is 1. The zero-order chi connectivity index (χ0) is 21.1. The third-order valence-electron chi connectivity index (χ3n) is 5.15. The highest BCUT2D eigenvalue weighted by Crippen LogP contribution is 2.23. The van der Waals surface area contributed by atoms with Crippen LogP contribution in [0.5, 0.6) is 0 Å². The van der Waals surface area contributed by atoms with Gasteiger partial charge in [0.1, 0.15) is 6.54 Å². The first-order valence-corrected chi connectivity index (χ1v) is 10.7. The van der Waals surface area contributed by atoms with Gasteiger partial charge in [0.2, 0.25) is 0 Å². The monoisotopic (exact) mass is 395 g/mol. The number of unbranched alkanes of at least 4 members (excludes halogenated alkanes) is 6. The van der Waals surface area contributed by atoms with Crippen molar-refractivity contribution in [3.05, 3.63) is 48.0 Å². The summed E-state index contributed by atoms with van der Waals surface area (Å²) in [7, 11) is 1.77. The van der Waals surface area contributed by atoms with Gasteiger partial charge >= 0.3 is 5.97 Å². The normalized spacial score (nSPS) is 11.2. The summed E-state index contributed by atoms with van der Waals surface area (Å²) in [5, 5.41) is 11.0. The fraction of sp³-hybridized carbons (Fsp3) is 0.440. The summed E-state index contributed by atoms with van der Waals surface area (Å²) in [6.45, 7) is 2.19. The highest BCUT2D eigenvalue weighted by Gasteiger charge is 2.06. The minimum atomic E-state index is -0.853. The summed E-state index contributed by atoms with van der Waals surface area (Å²) < 4.78 is 0. The number of benzene rings is 2. The molecule has 2 aromatic rings. The lowest BCUT2D eigenvalue weighted by Gasteiger charge is -2.17. The maximum absolute atomic E-state index is 12.1. The van der Waals surface area contributed by atoms with Crippen LogP contribution < -0.4 is 4.90 Å². The molecule has 0 saturated heterocycles. The predicted octanol–water partition coefficient (Wildman–Crippen LogP) is 6.08. The Balaban J connectivity index is 1.86. The SMILES string of the molecule is CCCCCCCCCC(=O)/C=C/c1ccc2cc(N(C)CC(=O)O)ccc2c1. The molecular formula is C25H33NO3. The summed E-state index contributed by atoms with van der Waals surface area (Å²) >= 11 is 0. The number of carboxylic acid groups (broad SMARTS) is 1. The Morgan fingerprint density at radius 2 is 1.59 bits per heavy atom. The van der Waals surface area contributed by atoms with E-state index in [4.69, 9.17) is 5.11 Å². The van der Waals surface area contributed by atoms with Crippen LogP contribution in [0.4, 0.5) is 5.69 Å². The van der Waals surface area contributed by atoms with E-state index in [1.807, 2.05) is 42.5 Å². The van der Waals surface area contributed by atoms with E-state index in [0.717, 1.165) is 34.9 Å². The lowest BCUT2D eigenvalue weighted by Crippen LogP contribution is -2.24. The van der Waals surface area contributed by atoms with Crippen LogP contribution in [0, 0.1) is 0 Å². The quantitative estimate of drug-likeness (QED) is 0.330. The topological polar surface area (TPSA) is 57.6 Å². The molecule has 0 bridgehead atoms. The lowest BCUT2D eigenvalue weighted by atomic mass is 10.0. The van der Waals surface area contributed by atoms with Crippen molar-refractivity contribution in [2.45, 2.75) is 58.3 Å². The van der Waals surface area contributed by atoms with Crippen molar-refractivity contribution in [3.8, 4) is 0 Å². The number of ketones is 1. The molecule has 0 saturated carbocycles. The smallest absolute Gasteiger partial charge is 0.323 e. The largest absolute Gasteiger partial charge is 0.480 e. The molecule has 0 fully saturated rings. The Morgan fingerprint density at radius 3 is 2.31 bits per heavy atom. The second-order valence-corrected chi connectivity index (χ2v) is 7.71. The van der Waals surface area contributed by atoms with Gasteiger partial charge in [0.25, 0.3) is 0 Å². The van der Waals surface area contributed by atoms with Crippen LogP contribution in [-0.2, 0) is 9.59 Å². The Labute approximate surface area is 174 Å². The third-order valence-corrected chi connectivity index (χ3v) is 5.15. The Kier molecular flexibility index (Phi) is 9.42. The number of fused-ring (bicyclic) bond motifs is 1. The molecule has 1 N–H and O–H groups in total. The maximum atomic E-state index is 12.1. The van der Waals surface area contributed by atoms with Crippen LogP contribution in [-0.4, -0.2) is 30.5 Å². The van der Waals surface area contributed by atoms with Gasteiger partial charge < -0.3 is 10.0 Å². The third kappa shape index (κ3) is 8.10. The standard InChI is InChI=1S/C25H33NO3/c1-3-4-5-6-7-8-9-10-24(27)16-12-20-11-13-22-18-23(15-14-21(22)17-20)26(2)19-25(28)29/h11-18H,3-10,19H2,1-2H3,(H,28,29)/b16-12+. The number of aliphatic carboxylic acids is 1. The second-order valence-electron chi connectivity index (χ2n) is 7.71. The fourth-order valence-electron chi connectivity index (χ4n) is 3.42. The molecule has 0 spiro atoms. The number of carbonyl (C=O) groups is 2. The number of allylic oxidation sites excluding steroid dienone is 1. The summed E-state index contributed by atoms with van der Waals surface area (Å²) in [5.74, 6) is -0.668. The van der Waals surface area contributed by atoms with Crippen molar-refractivity contribution in [3.63, 3.8) is 0 Å². The van der Waals surface area contributed by atoms with E-state index in [9.17, 15) is 9.59 Å². The van der Waals surface area contributed by atoms with Crippen LogP contribution in [0.25, 0.3) is 16.8 Å². The van der Waals surface area contributed by atoms with Crippen LogP contribution in [0.15, 0.2) is 42.5 Å². The lowest BCUT2D eigenvalue weighted by molar-refractivity contribution is -0.135. The molecule has 2 rings (SSSR count). The summed E-state index contributed by atoms with van der Waals surface area (Å²) in [6, 6.07) is 11.9. The Morgan fingerprint density at radius 1 is 0.931 bits per heavy atom. The molecular weight excluding hydrogens is 362 g/mol. The first-order chi connectivity index (χ1) is 14.0. The van der Waals surface area contributed by atoms with E-state index in [1.54, 1.807) is 18.0 Å². The van der Waals surface area contributed by atoms with Crippen molar-refractivity contribution < 1.29 is 14.7 Å². The molecule has 2 aromatic carbocycles. The maximum Gasteiger partial charge on any atom is 0.323 e. The molecule has 0 radical (unpaired) electrons. The van der Waals surface area contributed by atoms with Gasteiger partial charge in [0.05, 0.1) is 0 Å². The van der Waals surface area contributed by atoms with Gasteiger partial charge in [-0.3, -0.25) is 9.59 Å². The van der Waals surface area contributed by atoms with Gasteiger partial charge in [-0.1, -0.05) is 69.7 Å². The molecule has 0 aromatic heterocycles. The Bertz CT molecular complexity index is 841. The first kappa shape index (κ1) is 22.7. The van der Waals surface area contributed by atoms with Crippen LogP contribution in [0.3, 0.4) is 0 Å². The van der Waals surface area contributed by atoms with E-state index >= 15 is 0 Å². The zero-order valence-corrected chi connectivity index (χ0v) is 17.7. The molecule has 0 aliphatic rings. The van der Waals surface area contributed by atoms with Crippen molar-refractivity contribution in [1.29, 1.82) is 0 Å². The number of anilines is 1. The van der Waals surface area contributed by atoms with Crippen molar-refractivity contribution in [2.24, 2.45) is 0 Å². The van der Waals surface area contributed by atoms with Gasteiger partial charge in [-0.15, -0.1) is 0 Å². The molecule has 0 aliphatic carbocycles.